The van der Waals surface area contributed by atoms with Gasteiger partial charge in [-0.05, 0) is 117 Å². The minimum Gasteiger partial charge on any atom is -0.532 e. The van der Waals surface area contributed by atoms with Crippen LogP contribution in [0, 0.1) is 24.7 Å². The lowest BCUT2D eigenvalue weighted by molar-refractivity contribution is 0.0777. The van der Waals surface area contributed by atoms with Crippen molar-refractivity contribution >= 4 is 12.6 Å². The van der Waals surface area contributed by atoms with E-state index in [-0.39, 0.29) is 18.6 Å². The molecule has 0 spiro atoms. The first-order valence-electron chi connectivity index (χ1n) is 13.8. The van der Waals surface area contributed by atoms with Gasteiger partial charge in [-0.3, -0.25) is 0 Å². The summed E-state index contributed by atoms with van der Waals surface area (Å²) in [6.07, 6.45) is 8.12. The van der Waals surface area contributed by atoms with E-state index in [0.29, 0.717) is 5.92 Å². The summed E-state index contributed by atoms with van der Waals surface area (Å²) >= 11 is 0. The number of benzene rings is 2. The molecule has 34 heavy (non-hydrogen) atoms. The maximum atomic E-state index is 6.89. The molecule has 2 unspecified atom stereocenters. The molecule has 2 aliphatic carbocycles. The van der Waals surface area contributed by atoms with E-state index >= 15 is 0 Å². The normalized spacial score (nSPS) is 28.0. The average molecular weight is 458 g/mol. The molecule has 1 aliphatic heterocycles. The highest BCUT2D eigenvalue weighted by atomic mass is 16.6. The fourth-order valence-corrected chi connectivity index (χ4v) is 7.51. The van der Waals surface area contributed by atoms with E-state index in [4.69, 9.17) is 9.31 Å². The molecule has 5 rings (SSSR count). The first-order valence-corrected chi connectivity index (χ1v) is 13.8. The van der Waals surface area contributed by atoms with Crippen LogP contribution in [0.5, 0.6) is 5.75 Å². The zero-order valence-corrected chi connectivity index (χ0v) is 22.4. The van der Waals surface area contributed by atoms with Crippen LogP contribution in [0.15, 0.2) is 30.3 Å². The third kappa shape index (κ3) is 4.23. The predicted octanol–water partition coefficient (Wildman–Crippen LogP) is 7.79. The molecule has 2 nitrogen and oxygen atoms in total. The lowest BCUT2D eigenvalue weighted by Crippen LogP contribution is -2.47. The Labute approximate surface area is 208 Å². The van der Waals surface area contributed by atoms with Crippen LogP contribution in [0.2, 0.25) is 0 Å². The maximum absolute atomic E-state index is 6.89. The minimum absolute atomic E-state index is 0.103. The standard InChI is InChI=1S/C31H43BO2/c1-8-31(17-23-11-21(6)12-24(15-23)18-31)28-14-22(7)13-27-26-10-9-25(19(2)3)16-29(26)32(33-20(4)5)34-30(27)28/h9-10,13-14,16,19-21,23-24H,8,11-12,15,17-18H2,1-7H3. The summed E-state index contributed by atoms with van der Waals surface area (Å²) in [5, 5.41) is 0. The fraction of sp³-hybridized carbons (Fsp3) is 0.613. The summed E-state index contributed by atoms with van der Waals surface area (Å²) in [5.74, 6) is 4.16. The highest BCUT2D eigenvalue weighted by Crippen LogP contribution is 2.56. The van der Waals surface area contributed by atoms with Gasteiger partial charge in [0.05, 0.1) is 0 Å². The van der Waals surface area contributed by atoms with Gasteiger partial charge < -0.3 is 9.31 Å². The molecule has 3 aliphatic rings. The van der Waals surface area contributed by atoms with Crippen LogP contribution in [0.25, 0.3) is 11.1 Å². The average Bonchev–Trinajstić information content (AvgIpc) is 2.77. The minimum atomic E-state index is -0.348. The monoisotopic (exact) mass is 458 g/mol. The molecule has 0 N–H and O–H groups in total. The predicted molar refractivity (Wildman–Crippen MR) is 144 cm³/mol. The van der Waals surface area contributed by atoms with E-state index in [1.807, 2.05) is 0 Å². The van der Waals surface area contributed by atoms with E-state index in [9.17, 15) is 0 Å². The Bertz CT molecular complexity index is 1040. The van der Waals surface area contributed by atoms with Crippen LogP contribution in [0.3, 0.4) is 0 Å². The zero-order valence-electron chi connectivity index (χ0n) is 22.4. The largest absolute Gasteiger partial charge is 0.563 e. The zero-order chi connectivity index (χ0) is 24.2. The van der Waals surface area contributed by atoms with E-state index in [2.05, 4.69) is 78.8 Å². The van der Waals surface area contributed by atoms with Crippen LogP contribution in [-0.4, -0.2) is 13.2 Å². The molecular formula is C31H43BO2. The van der Waals surface area contributed by atoms with Crippen molar-refractivity contribution in [1.82, 2.24) is 0 Å². The van der Waals surface area contributed by atoms with Gasteiger partial charge in [-0.15, -0.1) is 0 Å². The van der Waals surface area contributed by atoms with Crippen molar-refractivity contribution in [3.63, 3.8) is 0 Å². The molecule has 0 amide bonds. The van der Waals surface area contributed by atoms with Gasteiger partial charge in [0.2, 0.25) is 0 Å². The highest BCUT2D eigenvalue weighted by Gasteiger charge is 2.47. The van der Waals surface area contributed by atoms with Crippen molar-refractivity contribution in [2.24, 2.45) is 17.8 Å². The third-order valence-corrected chi connectivity index (χ3v) is 8.89. The van der Waals surface area contributed by atoms with E-state index in [1.54, 1.807) is 0 Å². The Morgan fingerprint density at radius 1 is 1.00 bits per heavy atom. The molecule has 1 heterocycles. The second-order valence-corrected chi connectivity index (χ2v) is 12.4. The van der Waals surface area contributed by atoms with Gasteiger partial charge in [-0.1, -0.05) is 52.0 Å². The van der Waals surface area contributed by atoms with Crippen molar-refractivity contribution in [1.29, 1.82) is 0 Å². The Morgan fingerprint density at radius 2 is 1.71 bits per heavy atom. The van der Waals surface area contributed by atoms with Crippen molar-refractivity contribution < 1.29 is 9.31 Å². The Hall–Kier alpha value is -1.74. The van der Waals surface area contributed by atoms with E-state index in [0.717, 1.165) is 23.5 Å². The lowest BCUT2D eigenvalue weighted by Gasteiger charge is -2.50. The van der Waals surface area contributed by atoms with Gasteiger partial charge in [0, 0.05) is 17.1 Å². The molecule has 2 aromatic rings. The molecule has 2 fully saturated rings. The maximum Gasteiger partial charge on any atom is 0.563 e. The molecule has 2 bridgehead atoms. The first kappa shape index (κ1) is 24.0. The number of fused-ring (bicyclic) bond motifs is 5. The lowest BCUT2D eigenvalue weighted by atomic mass is 9.55. The topological polar surface area (TPSA) is 18.5 Å². The highest BCUT2D eigenvalue weighted by molar-refractivity contribution is 6.64. The molecule has 0 radical (unpaired) electrons. The van der Waals surface area contributed by atoms with E-state index < -0.39 is 0 Å². The SMILES string of the molecule is CCC1(c2cc(C)cc3c2OB(OC(C)C)c2cc(C(C)C)ccc2-3)CC2CC(C)CC(C2)C1. The number of hydrogen-bond donors (Lipinski definition) is 0. The quantitative estimate of drug-likeness (QED) is 0.426. The van der Waals surface area contributed by atoms with Gasteiger partial charge in [-0.25, -0.2) is 0 Å². The number of aryl methyl sites for hydroxylation is 1. The summed E-state index contributed by atoms with van der Waals surface area (Å²) in [6.45, 7) is 15.9. The van der Waals surface area contributed by atoms with Crippen molar-refractivity contribution in [3.05, 3.63) is 47.0 Å². The van der Waals surface area contributed by atoms with Crippen LogP contribution in [0.4, 0.5) is 0 Å². The van der Waals surface area contributed by atoms with Gasteiger partial charge >= 0.3 is 7.12 Å². The fourth-order valence-electron chi connectivity index (χ4n) is 7.51. The molecule has 2 saturated carbocycles. The van der Waals surface area contributed by atoms with Crippen molar-refractivity contribution in [2.75, 3.05) is 0 Å². The molecular weight excluding hydrogens is 415 g/mol. The van der Waals surface area contributed by atoms with Gasteiger partial charge in [0.1, 0.15) is 5.75 Å². The summed E-state index contributed by atoms with van der Waals surface area (Å²) in [4.78, 5) is 0. The summed E-state index contributed by atoms with van der Waals surface area (Å²) in [5.41, 5.74) is 8.08. The Balaban J connectivity index is 1.66. The van der Waals surface area contributed by atoms with Crippen molar-refractivity contribution in [2.45, 2.75) is 104 Å². The molecule has 3 heteroatoms. The van der Waals surface area contributed by atoms with Crippen molar-refractivity contribution in [3.8, 4) is 16.9 Å². The summed E-state index contributed by atoms with van der Waals surface area (Å²) in [7, 11) is -0.348. The van der Waals surface area contributed by atoms with Gasteiger partial charge in [0.15, 0.2) is 0 Å². The number of rotatable bonds is 5. The van der Waals surface area contributed by atoms with E-state index in [1.165, 1.54) is 71.8 Å². The molecule has 0 saturated heterocycles. The van der Waals surface area contributed by atoms with Gasteiger partial charge in [0.25, 0.3) is 0 Å². The van der Waals surface area contributed by atoms with Crippen LogP contribution in [0.1, 0.15) is 103 Å². The second-order valence-electron chi connectivity index (χ2n) is 12.4. The molecule has 2 aromatic carbocycles. The third-order valence-electron chi connectivity index (χ3n) is 8.89. The van der Waals surface area contributed by atoms with Crippen LogP contribution < -0.4 is 10.1 Å². The Kier molecular flexibility index (Phi) is 6.38. The second kappa shape index (κ2) is 9.05. The molecule has 182 valence electrons. The summed E-state index contributed by atoms with van der Waals surface area (Å²) in [6, 6.07) is 11.7. The first-order chi connectivity index (χ1) is 16.2. The van der Waals surface area contributed by atoms with Crippen LogP contribution in [-0.2, 0) is 10.1 Å². The smallest absolute Gasteiger partial charge is 0.532 e. The number of hydrogen-bond acceptors (Lipinski definition) is 2. The van der Waals surface area contributed by atoms with Gasteiger partial charge in [-0.2, -0.15) is 0 Å². The van der Waals surface area contributed by atoms with Crippen LogP contribution >= 0.6 is 0 Å². The Morgan fingerprint density at radius 3 is 2.32 bits per heavy atom. The molecule has 0 aromatic heterocycles. The summed E-state index contributed by atoms with van der Waals surface area (Å²) < 4.78 is 13.3. The molecule has 2 atom stereocenters.